The highest BCUT2D eigenvalue weighted by molar-refractivity contribution is 5.85. The van der Waals surface area contributed by atoms with E-state index in [0.717, 1.165) is 31.8 Å². The summed E-state index contributed by atoms with van der Waals surface area (Å²) in [6.45, 7) is 6.10. The van der Waals surface area contributed by atoms with E-state index in [0.29, 0.717) is 18.5 Å². The van der Waals surface area contributed by atoms with Crippen LogP contribution in [0.3, 0.4) is 0 Å². The molecule has 1 fully saturated rings. The molecule has 2 heterocycles. The number of carbonyl (C=O) groups is 1. The van der Waals surface area contributed by atoms with Crippen LogP contribution in [-0.2, 0) is 4.74 Å². The average molecular weight is 252 g/mol. The van der Waals surface area contributed by atoms with Crippen molar-refractivity contribution in [2.45, 2.75) is 32.7 Å². The molecule has 1 aliphatic rings. The monoisotopic (exact) mass is 252 g/mol. The van der Waals surface area contributed by atoms with E-state index in [1.807, 2.05) is 11.5 Å². The Morgan fingerprint density at radius 1 is 1.39 bits per heavy atom. The molecule has 1 aromatic heterocycles. The fourth-order valence-corrected chi connectivity index (χ4v) is 2.39. The summed E-state index contributed by atoms with van der Waals surface area (Å²) in [7, 11) is 2.11. The van der Waals surface area contributed by atoms with Gasteiger partial charge in [0.1, 0.15) is 5.82 Å². The molecule has 6 nitrogen and oxygen atoms in total. The van der Waals surface area contributed by atoms with Crippen LogP contribution in [0, 0.1) is 6.92 Å². The smallest absolute Gasteiger partial charge is 0.376 e. The summed E-state index contributed by atoms with van der Waals surface area (Å²) in [6, 6.07) is 0.301. The van der Waals surface area contributed by atoms with Gasteiger partial charge in [-0.2, -0.15) is 0 Å². The number of rotatable bonds is 3. The van der Waals surface area contributed by atoms with Crippen LogP contribution in [0.25, 0.3) is 0 Å². The molecular weight excluding hydrogens is 232 g/mol. The third-order valence-corrected chi connectivity index (χ3v) is 3.38. The molecule has 0 spiro atoms. The van der Waals surface area contributed by atoms with Crippen molar-refractivity contribution in [1.82, 2.24) is 19.7 Å². The van der Waals surface area contributed by atoms with E-state index in [1.54, 1.807) is 6.92 Å². The van der Waals surface area contributed by atoms with Crippen molar-refractivity contribution in [3.63, 3.8) is 0 Å². The first kappa shape index (κ1) is 13.0. The number of ether oxygens (including phenoxy) is 1. The van der Waals surface area contributed by atoms with Gasteiger partial charge in [-0.15, -0.1) is 10.2 Å². The van der Waals surface area contributed by atoms with E-state index in [-0.39, 0.29) is 5.97 Å². The summed E-state index contributed by atoms with van der Waals surface area (Å²) in [5, 5.41) is 7.97. The van der Waals surface area contributed by atoms with E-state index in [4.69, 9.17) is 4.74 Å². The number of hydrogen-bond acceptors (Lipinski definition) is 5. The predicted molar refractivity (Wildman–Crippen MR) is 66.5 cm³/mol. The standard InChI is InChI=1S/C12H20N4O2/c1-4-18-12(17)11-14-13-9(2)16(11)10-5-7-15(3)8-6-10/h10H,4-8H2,1-3H3. The summed E-state index contributed by atoms with van der Waals surface area (Å²) in [4.78, 5) is 14.1. The fourth-order valence-electron chi connectivity index (χ4n) is 2.39. The van der Waals surface area contributed by atoms with E-state index in [9.17, 15) is 4.79 Å². The maximum Gasteiger partial charge on any atom is 0.376 e. The highest BCUT2D eigenvalue weighted by Gasteiger charge is 2.26. The molecule has 2 rings (SSSR count). The zero-order valence-electron chi connectivity index (χ0n) is 11.2. The van der Waals surface area contributed by atoms with Crippen LogP contribution < -0.4 is 0 Å². The van der Waals surface area contributed by atoms with Gasteiger partial charge in [0.15, 0.2) is 0 Å². The number of esters is 1. The molecule has 0 amide bonds. The van der Waals surface area contributed by atoms with Crippen LogP contribution in [0.15, 0.2) is 0 Å². The molecule has 0 saturated carbocycles. The lowest BCUT2D eigenvalue weighted by Crippen LogP contribution is -2.33. The van der Waals surface area contributed by atoms with Gasteiger partial charge in [-0.1, -0.05) is 0 Å². The van der Waals surface area contributed by atoms with Crippen molar-refractivity contribution < 1.29 is 9.53 Å². The van der Waals surface area contributed by atoms with Gasteiger partial charge in [0.2, 0.25) is 5.82 Å². The van der Waals surface area contributed by atoms with Crippen molar-refractivity contribution >= 4 is 5.97 Å². The second kappa shape index (κ2) is 5.48. The maximum atomic E-state index is 11.8. The second-order valence-electron chi connectivity index (χ2n) is 4.70. The third kappa shape index (κ3) is 2.53. The Kier molecular flexibility index (Phi) is 3.96. The lowest BCUT2D eigenvalue weighted by molar-refractivity contribution is 0.0499. The van der Waals surface area contributed by atoms with Crippen molar-refractivity contribution in [3.8, 4) is 0 Å². The lowest BCUT2D eigenvalue weighted by atomic mass is 10.1. The van der Waals surface area contributed by atoms with Crippen LogP contribution >= 0.6 is 0 Å². The van der Waals surface area contributed by atoms with E-state index >= 15 is 0 Å². The van der Waals surface area contributed by atoms with Gasteiger partial charge in [-0.3, -0.25) is 0 Å². The first-order chi connectivity index (χ1) is 8.63. The molecule has 6 heteroatoms. The van der Waals surface area contributed by atoms with Crippen LogP contribution in [-0.4, -0.2) is 52.4 Å². The minimum Gasteiger partial charge on any atom is -0.460 e. The Morgan fingerprint density at radius 2 is 2.06 bits per heavy atom. The highest BCUT2D eigenvalue weighted by atomic mass is 16.5. The molecule has 0 unspecified atom stereocenters. The van der Waals surface area contributed by atoms with Gasteiger partial charge in [-0.05, 0) is 46.8 Å². The predicted octanol–water partition coefficient (Wildman–Crippen LogP) is 1.03. The Balaban J connectivity index is 2.21. The largest absolute Gasteiger partial charge is 0.460 e. The molecule has 0 radical (unpaired) electrons. The van der Waals surface area contributed by atoms with Crippen LogP contribution in [0.2, 0.25) is 0 Å². The van der Waals surface area contributed by atoms with Gasteiger partial charge < -0.3 is 14.2 Å². The summed E-state index contributed by atoms with van der Waals surface area (Å²) in [5.74, 6) is 0.744. The van der Waals surface area contributed by atoms with Crippen LogP contribution in [0.5, 0.6) is 0 Å². The molecule has 0 atom stereocenters. The summed E-state index contributed by atoms with van der Waals surface area (Å²) in [6.07, 6.45) is 2.03. The third-order valence-electron chi connectivity index (χ3n) is 3.38. The quantitative estimate of drug-likeness (QED) is 0.752. The molecule has 0 N–H and O–H groups in total. The fraction of sp³-hybridized carbons (Fsp3) is 0.750. The van der Waals surface area contributed by atoms with Crippen molar-refractivity contribution in [3.05, 3.63) is 11.6 Å². The van der Waals surface area contributed by atoms with Gasteiger partial charge in [0.25, 0.3) is 0 Å². The number of likely N-dealkylation sites (tertiary alicyclic amines) is 1. The zero-order chi connectivity index (χ0) is 13.1. The Morgan fingerprint density at radius 3 is 2.67 bits per heavy atom. The first-order valence-electron chi connectivity index (χ1n) is 6.40. The molecule has 0 aromatic carbocycles. The van der Waals surface area contributed by atoms with Crippen molar-refractivity contribution in [1.29, 1.82) is 0 Å². The number of carbonyl (C=O) groups excluding carboxylic acids is 1. The number of piperidine rings is 1. The van der Waals surface area contributed by atoms with E-state index in [2.05, 4.69) is 22.1 Å². The van der Waals surface area contributed by atoms with Gasteiger partial charge in [0, 0.05) is 6.04 Å². The molecule has 1 saturated heterocycles. The number of aromatic nitrogens is 3. The Labute approximate surface area is 107 Å². The minimum atomic E-state index is -0.378. The van der Waals surface area contributed by atoms with Crippen LogP contribution in [0.4, 0.5) is 0 Å². The molecule has 18 heavy (non-hydrogen) atoms. The summed E-state index contributed by atoms with van der Waals surface area (Å²) < 4.78 is 6.96. The number of nitrogens with zero attached hydrogens (tertiary/aromatic N) is 4. The summed E-state index contributed by atoms with van der Waals surface area (Å²) >= 11 is 0. The molecular formula is C12H20N4O2. The lowest BCUT2D eigenvalue weighted by Gasteiger charge is -2.30. The zero-order valence-corrected chi connectivity index (χ0v) is 11.2. The molecule has 1 aromatic rings. The van der Waals surface area contributed by atoms with Gasteiger partial charge in [-0.25, -0.2) is 4.79 Å². The summed E-state index contributed by atoms with van der Waals surface area (Å²) in [5.41, 5.74) is 0. The number of aryl methyl sites for hydroxylation is 1. The van der Waals surface area contributed by atoms with Crippen molar-refractivity contribution in [2.75, 3.05) is 26.7 Å². The highest BCUT2D eigenvalue weighted by Crippen LogP contribution is 2.24. The molecule has 0 bridgehead atoms. The maximum absolute atomic E-state index is 11.8. The van der Waals surface area contributed by atoms with Crippen LogP contribution in [0.1, 0.15) is 42.3 Å². The first-order valence-corrected chi connectivity index (χ1v) is 6.40. The van der Waals surface area contributed by atoms with E-state index in [1.165, 1.54) is 0 Å². The number of hydrogen-bond donors (Lipinski definition) is 0. The Bertz CT molecular complexity index is 422. The van der Waals surface area contributed by atoms with E-state index < -0.39 is 0 Å². The molecule has 0 aliphatic carbocycles. The van der Waals surface area contributed by atoms with Gasteiger partial charge >= 0.3 is 5.97 Å². The minimum absolute atomic E-state index is 0.301. The normalized spacial score (nSPS) is 17.9. The molecule has 100 valence electrons. The molecule has 1 aliphatic heterocycles. The Hall–Kier alpha value is -1.43. The van der Waals surface area contributed by atoms with Gasteiger partial charge in [0.05, 0.1) is 6.61 Å². The topological polar surface area (TPSA) is 60.2 Å². The second-order valence-corrected chi connectivity index (χ2v) is 4.70. The SMILES string of the molecule is CCOC(=O)c1nnc(C)n1C1CCN(C)CC1. The average Bonchev–Trinajstić information content (AvgIpc) is 2.73. The van der Waals surface area contributed by atoms with Crippen molar-refractivity contribution in [2.24, 2.45) is 0 Å².